The summed E-state index contributed by atoms with van der Waals surface area (Å²) in [7, 11) is 4.29. The van der Waals surface area contributed by atoms with Crippen molar-refractivity contribution in [1.29, 1.82) is 0 Å². The predicted octanol–water partition coefficient (Wildman–Crippen LogP) is 1.53. The molecule has 2 amide bonds. The first-order valence-corrected chi connectivity index (χ1v) is 11.0. The summed E-state index contributed by atoms with van der Waals surface area (Å²) in [5.41, 5.74) is 0.222. The molecule has 1 aromatic heterocycles. The number of rotatable bonds is 6. The topological polar surface area (TPSA) is 69.2 Å². The smallest absolute Gasteiger partial charge is 0.410 e. The number of pyridine rings is 1. The quantitative estimate of drug-likeness (QED) is 0.702. The Morgan fingerprint density at radius 3 is 2.60 bits per heavy atom. The molecule has 0 radical (unpaired) electrons. The minimum absolute atomic E-state index is 0.0232. The largest absolute Gasteiger partial charge is 0.441 e. The molecule has 3 aliphatic rings. The standard InChI is InChI=1S/C22H33N5O3/c1-24(2)19-6-13-25(16-19)11-3-12-27-17-22(30-21(27)29)7-14-26(15-8-22)20(28)18-4-9-23-10-5-18/h4-5,9-10,19H,3,6-8,11-17H2,1-2H3/t19-/m1/s1. The minimum Gasteiger partial charge on any atom is -0.441 e. The molecule has 1 aromatic rings. The van der Waals surface area contributed by atoms with Crippen LogP contribution >= 0.6 is 0 Å². The number of likely N-dealkylation sites (N-methyl/N-ethyl adjacent to an activating group) is 1. The van der Waals surface area contributed by atoms with Gasteiger partial charge in [0.2, 0.25) is 0 Å². The molecule has 8 nitrogen and oxygen atoms in total. The fraction of sp³-hybridized carbons (Fsp3) is 0.682. The van der Waals surface area contributed by atoms with Gasteiger partial charge < -0.3 is 24.3 Å². The lowest BCUT2D eigenvalue weighted by molar-refractivity contribution is 0.00313. The van der Waals surface area contributed by atoms with Gasteiger partial charge in [-0.1, -0.05) is 0 Å². The molecule has 1 spiro atoms. The maximum absolute atomic E-state index is 12.6. The number of carbonyl (C=O) groups excluding carboxylic acids is 2. The van der Waals surface area contributed by atoms with Crippen LogP contribution in [0.2, 0.25) is 0 Å². The van der Waals surface area contributed by atoms with Crippen LogP contribution in [0.15, 0.2) is 24.5 Å². The summed E-state index contributed by atoms with van der Waals surface area (Å²) < 4.78 is 5.83. The fourth-order valence-electron chi connectivity index (χ4n) is 4.84. The normalized spacial score (nSPS) is 24.1. The van der Waals surface area contributed by atoms with E-state index in [2.05, 4.69) is 28.9 Å². The van der Waals surface area contributed by atoms with Crippen LogP contribution in [-0.4, -0.2) is 108 Å². The first kappa shape index (κ1) is 21.1. The molecule has 4 heterocycles. The zero-order valence-corrected chi connectivity index (χ0v) is 18.1. The van der Waals surface area contributed by atoms with Gasteiger partial charge in [-0.2, -0.15) is 0 Å². The van der Waals surface area contributed by atoms with Gasteiger partial charge in [0.15, 0.2) is 0 Å². The average Bonchev–Trinajstić information content (AvgIpc) is 3.34. The highest BCUT2D eigenvalue weighted by atomic mass is 16.6. The van der Waals surface area contributed by atoms with Crippen LogP contribution in [0.3, 0.4) is 0 Å². The van der Waals surface area contributed by atoms with Gasteiger partial charge in [-0.05, 0) is 52.2 Å². The highest BCUT2D eigenvalue weighted by Crippen LogP contribution is 2.33. The summed E-state index contributed by atoms with van der Waals surface area (Å²) in [4.78, 5) is 37.6. The van der Waals surface area contributed by atoms with E-state index in [0.29, 0.717) is 44.1 Å². The Morgan fingerprint density at radius 1 is 1.20 bits per heavy atom. The summed E-state index contributed by atoms with van der Waals surface area (Å²) in [6.07, 6.45) is 6.66. The second-order valence-electron chi connectivity index (χ2n) is 9.06. The van der Waals surface area contributed by atoms with Crippen LogP contribution in [0.4, 0.5) is 4.79 Å². The molecule has 1 atom stereocenters. The van der Waals surface area contributed by atoms with Crippen molar-refractivity contribution in [1.82, 2.24) is 24.6 Å². The molecular formula is C22H33N5O3. The SMILES string of the molecule is CN(C)[C@@H]1CCN(CCCN2CC3(CCN(C(=O)c4ccncc4)CC3)OC2=O)C1. The van der Waals surface area contributed by atoms with E-state index >= 15 is 0 Å². The van der Waals surface area contributed by atoms with Crippen LogP contribution in [-0.2, 0) is 4.74 Å². The molecule has 30 heavy (non-hydrogen) atoms. The molecule has 8 heteroatoms. The van der Waals surface area contributed by atoms with Crippen molar-refractivity contribution in [3.05, 3.63) is 30.1 Å². The second-order valence-corrected chi connectivity index (χ2v) is 9.06. The summed E-state index contributed by atoms with van der Waals surface area (Å²) in [5, 5.41) is 0. The van der Waals surface area contributed by atoms with Crippen LogP contribution in [0.5, 0.6) is 0 Å². The highest BCUT2D eigenvalue weighted by molar-refractivity contribution is 5.94. The van der Waals surface area contributed by atoms with Gasteiger partial charge in [0, 0.05) is 63.0 Å². The van der Waals surface area contributed by atoms with E-state index in [0.717, 1.165) is 32.6 Å². The van der Waals surface area contributed by atoms with Crippen LogP contribution in [0.25, 0.3) is 0 Å². The minimum atomic E-state index is -0.435. The van der Waals surface area contributed by atoms with Gasteiger partial charge in [0.05, 0.1) is 6.54 Å². The molecule has 0 unspecified atom stereocenters. The Morgan fingerprint density at radius 2 is 1.93 bits per heavy atom. The number of carbonyl (C=O) groups is 2. The Kier molecular flexibility index (Phi) is 6.24. The molecule has 0 bridgehead atoms. The molecule has 3 saturated heterocycles. The average molecular weight is 416 g/mol. The Hall–Kier alpha value is -2.19. The number of piperidine rings is 1. The molecule has 4 rings (SSSR count). The fourth-order valence-corrected chi connectivity index (χ4v) is 4.84. The first-order chi connectivity index (χ1) is 14.5. The Labute approximate surface area is 178 Å². The van der Waals surface area contributed by atoms with Crippen molar-refractivity contribution in [3.63, 3.8) is 0 Å². The third-order valence-electron chi connectivity index (χ3n) is 6.81. The van der Waals surface area contributed by atoms with Crippen molar-refractivity contribution in [3.8, 4) is 0 Å². The van der Waals surface area contributed by atoms with E-state index in [4.69, 9.17) is 4.74 Å². The number of ether oxygens (including phenoxy) is 1. The van der Waals surface area contributed by atoms with Crippen molar-refractivity contribution < 1.29 is 14.3 Å². The van der Waals surface area contributed by atoms with Gasteiger partial charge in [-0.25, -0.2) is 4.79 Å². The molecule has 0 saturated carbocycles. The molecule has 3 fully saturated rings. The van der Waals surface area contributed by atoms with Gasteiger partial charge >= 0.3 is 6.09 Å². The maximum Gasteiger partial charge on any atom is 0.410 e. The highest BCUT2D eigenvalue weighted by Gasteiger charge is 2.47. The summed E-state index contributed by atoms with van der Waals surface area (Å²) in [5.74, 6) is 0.0232. The molecular weight excluding hydrogens is 382 g/mol. The monoisotopic (exact) mass is 415 g/mol. The van der Waals surface area contributed by atoms with E-state index in [-0.39, 0.29) is 12.0 Å². The number of likely N-dealkylation sites (tertiary alicyclic amines) is 2. The van der Waals surface area contributed by atoms with Crippen LogP contribution in [0, 0.1) is 0 Å². The van der Waals surface area contributed by atoms with Crippen LogP contribution in [0.1, 0.15) is 36.0 Å². The zero-order valence-electron chi connectivity index (χ0n) is 18.1. The molecule has 0 N–H and O–H groups in total. The lowest BCUT2D eigenvalue weighted by atomic mass is 9.91. The van der Waals surface area contributed by atoms with Crippen molar-refractivity contribution >= 4 is 12.0 Å². The molecule has 0 aliphatic carbocycles. The van der Waals surface area contributed by atoms with Gasteiger partial charge in [-0.3, -0.25) is 9.78 Å². The van der Waals surface area contributed by atoms with Crippen molar-refractivity contribution in [2.75, 3.05) is 59.9 Å². The first-order valence-electron chi connectivity index (χ1n) is 11.0. The van der Waals surface area contributed by atoms with E-state index in [1.165, 1.54) is 6.42 Å². The van der Waals surface area contributed by atoms with E-state index in [9.17, 15) is 9.59 Å². The van der Waals surface area contributed by atoms with Crippen molar-refractivity contribution in [2.45, 2.75) is 37.3 Å². The lowest BCUT2D eigenvalue weighted by Gasteiger charge is -2.37. The second kappa shape index (κ2) is 8.89. The Bertz CT molecular complexity index is 748. The van der Waals surface area contributed by atoms with Gasteiger partial charge in [0.25, 0.3) is 5.91 Å². The van der Waals surface area contributed by atoms with Gasteiger partial charge in [-0.15, -0.1) is 0 Å². The van der Waals surface area contributed by atoms with E-state index in [1.807, 2.05) is 9.80 Å². The summed E-state index contributed by atoms with van der Waals surface area (Å²) in [6.45, 7) is 5.88. The van der Waals surface area contributed by atoms with Crippen LogP contribution < -0.4 is 0 Å². The number of amides is 2. The lowest BCUT2D eigenvalue weighted by Crippen LogP contribution is -2.48. The van der Waals surface area contributed by atoms with E-state index in [1.54, 1.807) is 24.5 Å². The number of hydrogen-bond donors (Lipinski definition) is 0. The summed E-state index contributed by atoms with van der Waals surface area (Å²) >= 11 is 0. The summed E-state index contributed by atoms with van der Waals surface area (Å²) in [6, 6.07) is 4.13. The van der Waals surface area contributed by atoms with Crippen molar-refractivity contribution in [2.24, 2.45) is 0 Å². The zero-order chi connectivity index (χ0) is 21.1. The Balaban J connectivity index is 1.22. The molecule has 164 valence electrons. The van der Waals surface area contributed by atoms with Gasteiger partial charge in [0.1, 0.15) is 5.60 Å². The number of nitrogens with zero attached hydrogens (tertiary/aromatic N) is 5. The number of hydrogen-bond acceptors (Lipinski definition) is 6. The predicted molar refractivity (Wildman–Crippen MR) is 113 cm³/mol. The molecule has 0 aromatic carbocycles. The third-order valence-corrected chi connectivity index (χ3v) is 6.81. The maximum atomic E-state index is 12.6. The number of aromatic nitrogens is 1. The molecule has 3 aliphatic heterocycles. The van der Waals surface area contributed by atoms with E-state index < -0.39 is 5.60 Å². The third kappa shape index (κ3) is 4.59.